The third kappa shape index (κ3) is 3.70. The summed E-state index contributed by atoms with van der Waals surface area (Å²) in [4.78, 5) is 25.0. The zero-order valence-electron chi connectivity index (χ0n) is 11.5. The molecule has 0 unspecified atom stereocenters. The van der Waals surface area contributed by atoms with E-state index in [4.69, 9.17) is 5.73 Å². The number of carbonyl (C=O) groups excluding carboxylic acids is 2. The van der Waals surface area contributed by atoms with Gasteiger partial charge in [-0.25, -0.2) is 0 Å². The van der Waals surface area contributed by atoms with E-state index < -0.39 is 5.91 Å². The smallest absolute Gasteiger partial charge is 0.253 e. The summed E-state index contributed by atoms with van der Waals surface area (Å²) in [6, 6.07) is 14.1. The van der Waals surface area contributed by atoms with Crippen LogP contribution in [0.2, 0.25) is 0 Å². The number of amides is 2. The first-order valence-corrected chi connectivity index (χ1v) is 7.17. The van der Waals surface area contributed by atoms with Crippen molar-refractivity contribution in [2.24, 2.45) is 5.73 Å². The molecule has 21 heavy (non-hydrogen) atoms. The lowest BCUT2D eigenvalue weighted by molar-refractivity contribution is 0.0784. The summed E-state index contributed by atoms with van der Waals surface area (Å²) < 4.78 is 0.966. The van der Waals surface area contributed by atoms with Crippen LogP contribution in [0.15, 0.2) is 53.0 Å². The van der Waals surface area contributed by atoms with E-state index in [1.165, 1.54) is 0 Å². The lowest BCUT2D eigenvalue weighted by Gasteiger charge is -2.18. The van der Waals surface area contributed by atoms with Crippen molar-refractivity contribution in [3.05, 3.63) is 69.7 Å². The molecule has 0 atom stereocenters. The van der Waals surface area contributed by atoms with Crippen LogP contribution in [0.25, 0.3) is 0 Å². The maximum atomic E-state index is 12.3. The Kier molecular flexibility index (Phi) is 4.75. The second-order valence-electron chi connectivity index (χ2n) is 4.69. The minimum atomic E-state index is -0.504. The normalized spacial score (nSPS) is 10.2. The number of hydrogen-bond acceptors (Lipinski definition) is 2. The number of hydrogen-bond donors (Lipinski definition) is 1. The van der Waals surface area contributed by atoms with Crippen molar-refractivity contribution >= 4 is 27.7 Å². The van der Waals surface area contributed by atoms with Gasteiger partial charge in [0.25, 0.3) is 5.91 Å². The molecule has 0 saturated carbocycles. The zero-order chi connectivity index (χ0) is 15.4. The minimum Gasteiger partial charge on any atom is -0.366 e. The van der Waals surface area contributed by atoms with Gasteiger partial charge in [0, 0.05) is 29.2 Å². The predicted molar refractivity (Wildman–Crippen MR) is 84.9 cm³/mol. The maximum absolute atomic E-state index is 12.3. The molecule has 0 aliphatic heterocycles. The number of nitrogens with two attached hydrogens (primary N) is 1. The van der Waals surface area contributed by atoms with E-state index in [0.717, 1.165) is 10.0 Å². The number of primary amides is 1. The Labute approximate surface area is 131 Å². The van der Waals surface area contributed by atoms with E-state index in [-0.39, 0.29) is 5.91 Å². The van der Waals surface area contributed by atoms with Crippen LogP contribution in [0.5, 0.6) is 0 Å². The van der Waals surface area contributed by atoms with Gasteiger partial charge in [0.1, 0.15) is 0 Å². The minimum absolute atomic E-state index is 0.109. The van der Waals surface area contributed by atoms with Crippen LogP contribution in [0.3, 0.4) is 0 Å². The molecular formula is C16H15BrN2O2. The monoisotopic (exact) mass is 346 g/mol. The maximum Gasteiger partial charge on any atom is 0.253 e. The van der Waals surface area contributed by atoms with Gasteiger partial charge in [0.2, 0.25) is 5.91 Å². The molecule has 0 fully saturated rings. The summed E-state index contributed by atoms with van der Waals surface area (Å²) >= 11 is 3.47. The van der Waals surface area contributed by atoms with Gasteiger partial charge in [-0.1, -0.05) is 34.1 Å². The molecule has 4 nitrogen and oxygen atoms in total. The Morgan fingerprint density at radius 2 is 1.62 bits per heavy atom. The second kappa shape index (κ2) is 6.54. The molecule has 5 heteroatoms. The van der Waals surface area contributed by atoms with Crippen molar-refractivity contribution in [1.29, 1.82) is 0 Å². The SMILES string of the molecule is CN(Cc1ccccc1Br)C(=O)c1ccc(C(N)=O)cc1. The molecule has 2 aromatic rings. The number of halogens is 1. The van der Waals surface area contributed by atoms with Crippen molar-refractivity contribution in [3.8, 4) is 0 Å². The molecule has 2 aromatic carbocycles. The highest BCUT2D eigenvalue weighted by Gasteiger charge is 2.13. The van der Waals surface area contributed by atoms with Gasteiger partial charge in [0.05, 0.1) is 0 Å². The van der Waals surface area contributed by atoms with Crippen LogP contribution < -0.4 is 5.73 Å². The summed E-state index contributed by atoms with van der Waals surface area (Å²) in [7, 11) is 1.74. The van der Waals surface area contributed by atoms with Crippen LogP contribution in [0.4, 0.5) is 0 Å². The van der Waals surface area contributed by atoms with Gasteiger partial charge in [-0.3, -0.25) is 9.59 Å². The number of rotatable bonds is 4. The molecule has 0 spiro atoms. The number of benzene rings is 2. The molecule has 2 amide bonds. The first-order chi connectivity index (χ1) is 9.99. The topological polar surface area (TPSA) is 63.4 Å². The predicted octanol–water partition coefficient (Wildman–Crippen LogP) is 2.82. The molecular weight excluding hydrogens is 332 g/mol. The molecule has 0 saturated heterocycles. The van der Waals surface area contributed by atoms with Crippen LogP contribution in [-0.2, 0) is 6.54 Å². The quantitative estimate of drug-likeness (QED) is 0.924. The van der Waals surface area contributed by atoms with E-state index in [1.54, 1.807) is 36.2 Å². The van der Waals surface area contributed by atoms with E-state index >= 15 is 0 Å². The largest absolute Gasteiger partial charge is 0.366 e. The van der Waals surface area contributed by atoms with Gasteiger partial charge in [-0.05, 0) is 35.9 Å². The number of carbonyl (C=O) groups is 2. The highest BCUT2D eigenvalue weighted by atomic mass is 79.9. The highest BCUT2D eigenvalue weighted by Crippen LogP contribution is 2.18. The fraction of sp³-hybridized carbons (Fsp3) is 0.125. The molecule has 2 rings (SSSR count). The van der Waals surface area contributed by atoms with Crippen molar-refractivity contribution in [2.45, 2.75) is 6.54 Å². The molecule has 0 radical (unpaired) electrons. The Balaban J connectivity index is 2.12. The third-order valence-corrected chi connectivity index (χ3v) is 3.90. The van der Waals surface area contributed by atoms with E-state index in [1.807, 2.05) is 24.3 Å². The standard InChI is InChI=1S/C16H15BrN2O2/c1-19(10-13-4-2-3-5-14(13)17)16(21)12-8-6-11(7-9-12)15(18)20/h2-9H,10H2,1H3,(H2,18,20). The zero-order valence-corrected chi connectivity index (χ0v) is 13.1. The number of nitrogens with zero attached hydrogens (tertiary/aromatic N) is 1. The molecule has 0 heterocycles. The Bertz CT molecular complexity index is 668. The highest BCUT2D eigenvalue weighted by molar-refractivity contribution is 9.10. The molecule has 0 aliphatic rings. The Morgan fingerprint density at radius 1 is 1.05 bits per heavy atom. The average Bonchev–Trinajstić information content (AvgIpc) is 2.49. The molecule has 2 N–H and O–H groups in total. The van der Waals surface area contributed by atoms with Crippen molar-refractivity contribution < 1.29 is 9.59 Å². The summed E-state index contributed by atoms with van der Waals surface area (Å²) in [6.07, 6.45) is 0. The molecule has 108 valence electrons. The van der Waals surface area contributed by atoms with E-state index in [9.17, 15) is 9.59 Å². The van der Waals surface area contributed by atoms with Gasteiger partial charge in [-0.2, -0.15) is 0 Å². The van der Waals surface area contributed by atoms with Gasteiger partial charge in [0.15, 0.2) is 0 Å². The fourth-order valence-electron chi connectivity index (χ4n) is 1.95. The molecule has 0 aliphatic carbocycles. The van der Waals surface area contributed by atoms with Gasteiger partial charge in [-0.15, -0.1) is 0 Å². The van der Waals surface area contributed by atoms with Gasteiger partial charge < -0.3 is 10.6 Å². The second-order valence-corrected chi connectivity index (χ2v) is 5.55. The van der Waals surface area contributed by atoms with Crippen LogP contribution in [-0.4, -0.2) is 23.8 Å². The fourth-order valence-corrected chi connectivity index (χ4v) is 2.36. The van der Waals surface area contributed by atoms with Crippen molar-refractivity contribution in [1.82, 2.24) is 4.90 Å². The van der Waals surface area contributed by atoms with Crippen LogP contribution in [0, 0.1) is 0 Å². The molecule has 0 aromatic heterocycles. The summed E-state index contributed by atoms with van der Waals surface area (Å²) in [6.45, 7) is 0.498. The lowest BCUT2D eigenvalue weighted by atomic mass is 10.1. The van der Waals surface area contributed by atoms with E-state index in [2.05, 4.69) is 15.9 Å². The van der Waals surface area contributed by atoms with Crippen molar-refractivity contribution in [3.63, 3.8) is 0 Å². The Morgan fingerprint density at radius 3 is 2.19 bits per heavy atom. The van der Waals surface area contributed by atoms with E-state index in [0.29, 0.717) is 17.7 Å². The third-order valence-electron chi connectivity index (χ3n) is 3.13. The first kappa shape index (κ1) is 15.3. The van der Waals surface area contributed by atoms with Gasteiger partial charge >= 0.3 is 0 Å². The van der Waals surface area contributed by atoms with Crippen LogP contribution >= 0.6 is 15.9 Å². The van der Waals surface area contributed by atoms with Crippen molar-refractivity contribution in [2.75, 3.05) is 7.05 Å². The average molecular weight is 347 g/mol. The summed E-state index contributed by atoms with van der Waals surface area (Å²) in [5, 5.41) is 0. The van der Waals surface area contributed by atoms with Crippen LogP contribution in [0.1, 0.15) is 26.3 Å². The Hall–Kier alpha value is -2.14. The summed E-state index contributed by atoms with van der Waals surface area (Å²) in [5.74, 6) is -0.614. The lowest BCUT2D eigenvalue weighted by Crippen LogP contribution is -2.26. The summed E-state index contributed by atoms with van der Waals surface area (Å²) in [5.41, 5.74) is 7.12. The molecule has 0 bridgehead atoms. The first-order valence-electron chi connectivity index (χ1n) is 6.38.